The molecular formula is C21H26ClN3O4. The maximum Gasteiger partial charge on any atom is 0.319 e. The number of hydrogen-bond donors (Lipinski definition) is 4. The van der Waals surface area contributed by atoms with E-state index < -0.39 is 12.1 Å². The van der Waals surface area contributed by atoms with Crippen LogP contribution in [0.3, 0.4) is 0 Å². The molecular weight excluding hydrogens is 394 g/mol. The van der Waals surface area contributed by atoms with Gasteiger partial charge in [-0.1, -0.05) is 23.7 Å². The Kier molecular flexibility index (Phi) is 9.27. The highest BCUT2D eigenvalue weighted by molar-refractivity contribution is 6.30. The molecule has 0 fully saturated rings. The minimum Gasteiger partial charge on any atom is -0.497 e. The van der Waals surface area contributed by atoms with E-state index in [-0.39, 0.29) is 12.5 Å². The number of urea groups is 1. The molecule has 2 aromatic rings. The maximum absolute atomic E-state index is 12.6. The Labute approximate surface area is 175 Å². The molecule has 156 valence electrons. The van der Waals surface area contributed by atoms with Gasteiger partial charge in [-0.25, -0.2) is 4.79 Å². The molecule has 1 atom stereocenters. The van der Waals surface area contributed by atoms with Crippen molar-refractivity contribution in [3.63, 3.8) is 0 Å². The molecule has 1 unspecified atom stereocenters. The topological polar surface area (TPSA) is 99.7 Å². The van der Waals surface area contributed by atoms with E-state index in [1.165, 1.54) is 0 Å². The van der Waals surface area contributed by atoms with Gasteiger partial charge >= 0.3 is 6.03 Å². The maximum atomic E-state index is 12.6. The lowest BCUT2D eigenvalue weighted by Crippen LogP contribution is -2.49. The summed E-state index contributed by atoms with van der Waals surface area (Å²) in [4.78, 5) is 25.0. The summed E-state index contributed by atoms with van der Waals surface area (Å²) in [7, 11) is 1.58. The molecule has 0 aromatic heterocycles. The number of aliphatic hydroxyl groups is 1. The van der Waals surface area contributed by atoms with E-state index in [9.17, 15) is 9.59 Å². The number of anilines is 1. The van der Waals surface area contributed by atoms with Crippen LogP contribution in [0.25, 0.3) is 0 Å². The van der Waals surface area contributed by atoms with E-state index in [2.05, 4.69) is 16.0 Å². The molecule has 0 saturated carbocycles. The monoisotopic (exact) mass is 419 g/mol. The van der Waals surface area contributed by atoms with Crippen LogP contribution in [-0.4, -0.2) is 43.3 Å². The van der Waals surface area contributed by atoms with Crippen molar-refractivity contribution in [3.8, 4) is 5.75 Å². The van der Waals surface area contributed by atoms with Crippen LogP contribution in [0.5, 0.6) is 5.75 Å². The quantitative estimate of drug-likeness (QED) is 0.445. The predicted molar refractivity (Wildman–Crippen MR) is 113 cm³/mol. The zero-order valence-corrected chi connectivity index (χ0v) is 17.0. The number of benzene rings is 2. The second kappa shape index (κ2) is 11.9. The van der Waals surface area contributed by atoms with E-state index in [1.54, 1.807) is 43.5 Å². The first kappa shape index (κ1) is 22.5. The average molecular weight is 420 g/mol. The number of ether oxygens (including phenoxy) is 1. The van der Waals surface area contributed by atoms with Crippen LogP contribution in [-0.2, 0) is 11.2 Å². The van der Waals surface area contributed by atoms with Gasteiger partial charge in [-0.3, -0.25) is 4.79 Å². The first-order valence-corrected chi connectivity index (χ1v) is 9.74. The van der Waals surface area contributed by atoms with Crippen molar-refractivity contribution < 1.29 is 19.4 Å². The predicted octanol–water partition coefficient (Wildman–Crippen LogP) is 2.97. The summed E-state index contributed by atoms with van der Waals surface area (Å²) in [5.41, 5.74) is 1.45. The average Bonchev–Trinajstić information content (AvgIpc) is 2.73. The van der Waals surface area contributed by atoms with Gasteiger partial charge in [-0.15, -0.1) is 0 Å². The smallest absolute Gasteiger partial charge is 0.319 e. The van der Waals surface area contributed by atoms with Gasteiger partial charge in [0.1, 0.15) is 11.8 Å². The molecule has 8 heteroatoms. The highest BCUT2D eigenvalue weighted by Gasteiger charge is 2.21. The lowest BCUT2D eigenvalue weighted by Gasteiger charge is -2.19. The normalized spacial score (nSPS) is 11.4. The third kappa shape index (κ3) is 8.01. The van der Waals surface area contributed by atoms with E-state index >= 15 is 0 Å². The minimum atomic E-state index is -0.759. The number of methoxy groups -OCH3 is 1. The summed E-state index contributed by atoms with van der Waals surface area (Å²) in [5, 5.41) is 17.6. The van der Waals surface area contributed by atoms with Crippen LogP contribution in [0, 0.1) is 0 Å². The van der Waals surface area contributed by atoms with Gasteiger partial charge in [0.15, 0.2) is 0 Å². The fourth-order valence-corrected chi connectivity index (χ4v) is 2.76. The van der Waals surface area contributed by atoms with Crippen molar-refractivity contribution >= 4 is 29.2 Å². The highest BCUT2D eigenvalue weighted by atomic mass is 35.5. The Hall–Kier alpha value is -2.77. The Morgan fingerprint density at radius 3 is 2.38 bits per heavy atom. The number of carbonyl (C=O) groups excluding carboxylic acids is 2. The molecule has 7 nitrogen and oxygen atoms in total. The van der Waals surface area contributed by atoms with Gasteiger partial charge in [0.05, 0.1) is 7.11 Å². The molecule has 29 heavy (non-hydrogen) atoms. The second-order valence-electron chi connectivity index (χ2n) is 6.43. The number of aliphatic hydroxyl groups excluding tert-OH is 1. The van der Waals surface area contributed by atoms with E-state index in [0.29, 0.717) is 42.3 Å². The van der Waals surface area contributed by atoms with Crippen molar-refractivity contribution in [1.29, 1.82) is 0 Å². The number of hydrogen-bond acceptors (Lipinski definition) is 4. The van der Waals surface area contributed by atoms with E-state index in [4.69, 9.17) is 21.4 Å². The summed E-state index contributed by atoms with van der Waals surface area (Å²) in [6, 6.07) is 12.7. The summed E-state index contributed by atoms with van der Waals surface area (Å²) in [6.45, 7) is 0.506. The molecule has 2 rings (SSSR count). The summed E-state index contributed by atoms with van der Waals surface area (Å²) in [5.74, 6) is 0.428. The van der Waals surface area contributed by atoms with E-state index in [1.807, 2.05) is 12.1 Å². The van der Waals surface area contributed by atoms with Crippen LogP contribution in [0.2, 0.25) is 5.02 Å². The van der Waals surface area contributed by atoms with Crippen LogP contribution >= 0.6 is 11.6 Å². The number of carbonyl (C=O) groups is 2. The molecule has 0 heterocycles. The van der Waals surface area contributed by atoms with E-state index in [0.717, 1.165) is 5.56 Å². The Balaban J connectivity index is 2.02. The van der Waals surface area contributed by atoms with Crippen LogP contribution in [0.4, 0.5) is 10.5 Å². The first-order chi connectivity index (χ1) is 14.0. The zero-order valence-electron chi connectivity index (χ0n) is 16.3. The number of amides is 3. The van der Waals surface area contributed by atoms with Crippen molar-refractivity contribution in [2.45, 2.75) is 25.3 Å². The summed E-state index contributed by atoms with van der Waals surface area (Å²) >= 11 is 5.85. The van der Waals surface area contributed by atoms with Gasteiger partial charge in [-0.05, 0) is 54.8 Å². The lowest BCUT2D eigenvalue weighted by molar-refractivity contribution is -0.122. The molecule has 0 aliphatic rings. The summed E-state index contributed by atoms with van der Waals surface area (Å²) in [6.07, 6.45) is 1.59. The molecule has 0 aliphatic heterocycles. The third-order valence-corrected chi connectivity index (χ3v) is 4.46. The molecule has 2 aromatic carbocycles. The second-order valence-corrected chi connectivity index (χ2v) is 6.87. The molecule has 4 N–H and O–H groups in total. The van der Waals surface area contributed by atoms with Crippen molar-refractivity contribution in [2.24, 2.45) is 0 Å². The highest BCUT2D eigenvalue weighted by Crippen LogP contribution is 2.14. The Morgan fingerprint density at radius 2 is 1.76 bits per heavy atom. The van der Waals surface area contributed by atoms with Gasteiger partial charge in [-0.2, -0.15) is 0 Å². The lowest BCUT2D eigenvalue weighted by atomic mass is 10.0. The van der Waals surface area contributed by atoms with Crippen LogP contribution in [0.1, 0.15) is 18.4 Å². The van der Waals surface area contributed by atoms with Crippen LogP contribution < -0.4 is 20.7 Å². The van der Waals surface area contributed by atoms with Gasteiger partial charge in [0, 0.05) is 30.3 Å². The Bertz CT molecular complexity index is 782. The van der Waals surface area contributed by atoms with Gasteiger partial charge in [0.2, 0.25) is 5.91 Å². The SMILES string of the molecule is COc1ccc(CC(NC(=O)Nc2ccc(Cl)cc2)C(=O)NCCCCO)cc1. The zero-order chi connectivity index (χ0) is 21.1. The molecule has 0 bridgehead atoms. The molecule has 0 saturated heterocycles. The minimum absolute atomic E-state index is 0.0763. The number of halogens is 1. The van der Waals surface area contributed by atoms with Crippen molar-refractivity contribution in [3.05, 3.63) is 59.1 Å². The largest absolute Gasteiger partial charge is 0.497 e. The van der Waals surface area contributed by atoms with Gasteiger partial charge in [0.25, 0.3) is 0 Å². The number of unbranched alkanes of at least 4 members (excludes halogenated alkanes) is 1. The first-order valence-electron chi connectivity index (χ1n) is 9.36. The fourth-order valence-electron chi connectivity index (χ4n) is 2.64. The molecule has 0 radical (unpaired) electrons. The third-order valence-electron chi connectivity index (χ3n) is 4.21. The van der Waals surface area contributed by atoms with Crippen LogP contribution in [0.15, 0.2) is 48.5 Å². The number of nitrogens with one attached hydrogen (secondary N) is 3. The van der Waals surface area contributed by atoms with Gasteiger partial charge < -0.3 is 25.8 Å². The van der Waals surface area contributed by atoms with Crippen molar-refractivity contribution in [1.82, 2.24) is 10.6 Å². The summed E-state index contributed by atoms with van der Waals surface area (Å²) < 4.78 is 5.15. The van der Waals surface area contributed by atoms with Crippen molar-refractivity contribution in [2.75, 3.05) is 25.6 Å². The molecule has 0 aliphatic carbocycles. The standard InChI is InChI=1S/C21H26ClN3O4/c1-29-18-10-4-15(5-11-18)14-19(20(27)23-12-2-3-13-26)25-21(28)24-17-8-6-16(22)7-9-17/h4-11,19,26H,2-3,12-14H2,1H3,(H,23,27)(H2,24,25,28). The molecule has 0 spiro atoms. The number of rotatable bonds is 10. The molecule has 3 amide bonds. The Morgan fingerprint density at radius 1 is 1.07 bits per heavy atom. The fraction of sp³-hybridized carbons (Fsp3) is 0.333.